The highest BCUT2D eigenvalue weighted by Crippen LogP contribution is 2.11. The van der Waals surface area contributed by atoms with Crippen molar-refractivity contribution in [3.8, 4) is 5.75 Å². The Kier molecular flexibility index (Phi) is 5.02. The van der Waals surface area contributed by atoms with E-state index in [4.69, 9.17) is 14.8 Å². The topological polar surface area (TPSA) is 49.7 Å². The predicted molar refractivity (Wildman–Crippen MR) is 61.2 cm³/mol. The van der Waals surface area contributed by atoms with Gasteiger partial charge in [0.25, 0.3) is 0 Å². The Balaban J connectivity index is 2.61. The van der Waals surface area contributed by atoms with E-state index in [2.05, 4.69) is 6.58 Å². The number of allylic oxidation sites excluding steroid dienone is 1. The van der Waals surface area contributed by atoms with E-state index in [1.165, 1.54) is 12.1 Å². The molecule has 0 aliphatic rings. The minimum atomic E-state index is -1.69. The van der Waals surface area contributed by atoms with Crippen LogP contribution in [0.4, 0.5) is 4.39 Å². The van der Waals surface area contributed by atoms with Gasteiger partial charge in [0.15, 0.2) is 0 Å². The van der Waals surface area contributed by atoms with Gasteiger partial charge in [-0.1, -0.05) is 6.08 Å². The number of ether oxygens (including phenoxy) is 1. The van der Waals surface area contributed by atoms with Crippen LogP contribution in [0.3, 0.4) is 0 Å². The molecule has 0 spiro atoms. The molecule has 0 aliphatic carbocycles. The lowest BCUT2D eigenvalue weighted by atomic mass is 9.80. The number of hydrogen-bond acceptors (Lipinski definition) is 3. The standard InChI is InChI=1S/C11H14BFO3/c1-2-3-4-5-16-11-7-9(12(14)15)6-10(13)8-11/h2,6-8,14-15H,1,3-5H2. The zero-order valence-corrected chi connectivity index (χ0v) is 8.90. The molecule has 0 atom stereocenters. The first-order valence-corrected chi connectivity index (χ1v) is 5.04. The normalized spacial score (nSPS) is 9.94. The monoisotopic (exact) mass is 224 g/mol. The molecular formula is C11H14BFO3. The van der Waals surface area contributed by atoms with E-state index in [0.29, 0.717) is 12.4 Å². The summed E-state index contributed by atoms with van der Waals surface area (Å²) in [6, 6.07) is 3.67. The molecule has 86 valence electrons. The maximum atomic E-state index is 13.0. The van der Waals surface area contributed by atoms with Gasteiger partial charge < -0.3 is 14.8 Å². The smallest absolute Gasteiger partial charge is 0.488 e. The number of unbranched alkanes of at least 4 members (excludes halogenated alkanes) is 1. The first kappa shape index (κ1) is 12.7. The highest BCUT2D eigenvalue weighted by molar-refractivity contribution is 6.58. The number of halogens is 1. The largest absolute Gasteiger partial charge is 0.493 e. The highest BCUT2D eigenvalue weighted by atomic mass is 19.1. The molecule has 0 amide bonds. The molecule has 5 heteroatoms. The molecule has 1 rings (SSSR count). The molecule has 3 nitrogen and oxygen atoms in total. The lowest BCUT2D eigenvalue weighted by Crippen LogP contribution is -2.30. The first-order valence-electron chi connectivity index (χ1n) is 5.04. The van der Waals surface area contributed by atoms with Crippen LogP contribution in [-0.2, 0) is 0 Å². The summed E-state index contributed by atoms with van der Waals surface area (Å²) < 4.78 is 18.3. The predicted octanol–water partition coefficient (Wildman–Crippen LogP) is 0.850. The lowest BCUT2D eigenvalue weighted by molar-refractivity contribution is 0.310. The summed E-state index contributed by atoms with van der Waals surface area (Å²) in [5.41, 5.74) is 0.0821. The number of hydrogen-bond donors (Lipinski definition) is 2. The van der Waals surface area contributed by atoms with E-state index in [0.717, 1.165) is 18.9 Å². The Labute approximate surface area is 94.3 Å². The summed E-state index contributed by atoms with van der Waals surface area (Å²) >= 11 is 0. The van der Waals surface area contributed by atoms with Gasteiger partial charge in [-0.05, 0) is 30.4 Å². The zero-order chi connectivity index (χ0) is 12.0. The summed E-state index contributed by atoms with van der Waals surface area (Å²) in [5, 5.41) is 17.8. The van der Waals surface area contributed by atoms with Crippen LogP contribution in [0.5, 0.6) is 5.75 Å². The van der Waals surface area contributed by atoms with E-state index >= 15 is 0 Å². The molecule has 0 radical (unpaired) electrons. The van der Waals surface area contributed by atoms with Gasteiger partial charge in [-0.25, -0.2) is 4.39 Å². The molecule has 0 bridgehead atoms. The average Bonchev–Trinajstić information content (AvgIpc) is 2.23. The van der Waals surface area contributed by atoms with Crippen LogP contribution in [0.15, 0.2) is 30.9 Å². The summed E-state index contributed by atoms with van der Waals surface area (Å²) in [6.45, 7) is 4.02. The van der Waals surface area contributed by atoms with Crippen molar-refractivity contribution in [1.29, 1.82) is 0 Å². The molecule has 2 N–H and O–H groups in total. The molecule has 0 saturated heterocycles. The molecule has 0 aromatic heterocycles. The Bertz CT molecular complexity index is 355. The van der Waals surface area contributed by atoms with Gasteiger partial charge in [-0.15, -0.1) is 6.58 Å². The third-order valence-corrected chi connectivity index (χ3v) is 2.01. The second kappa shape index (κ2) is 6.30. The van der Waals surface area contributed by atoms with Crippen LogP contribution in [0, 0.1) is 5.82 Å². The fraction of sp³-hybridized carbons (Fsp3) is 0.273. The van der Waals surface area contributed by atoms with Crippen molar-refractivity contribution >= 4 is 12.6 Å². The first-order chi connectivity index (χ1) is 7.63. The van der Waals surface area contributed by atoms with Gasteiger partial charge in [-0.3, -0.25) is 0 Å². The lowest BCUT2D eigenvalue weighted by Gasteiger charge is -2.07. The van der Waals surface area contributed by atoms with Crippen molar-refractivity contribution in [2.75, 3.05) is 6.61 Å². The molecule has 1 aromatic carbocycles. The van der Waals surface area contributed by atoms with Gasteiger partial charge in [-0.2, -0.15) is 0 Å². The van der Waals surface area contributed by atoms with Crippen LogP contribution in [0.25, 0.3) is 0 Å². The Morgan fingerprint density at radius 1 is 1.38 bits per heavy atom. The van der Waals surface area contributed by atoms with Crippen molar-refractivity contribution in [3.05, 3.63) is 36.7 Å². The maximum Gasteiger partial charge on any atom is 0.488 e. The van der Waals surface area contributed by atoms with E-state index in [1.807, 2.05) is 0 Å². The van der Waals surface area contributed by atoms with Crippen LogP contribution in [0.1, 0.15) is 12.8 Å². The van der Waals surface area contributed by atoms with Crippen molar-refractivity contribution in [3.63, 3.8) is 0 Å². The Hall–Kier alpha value is -1.33. The van der Waals surface area contributed by atoms with Crippen molar-refractivity contribution < 1.29 is 19.2 Å². The number of rotatable bonds is 6. The fourth-order valence-electron chi connectivity index (χ4n) is 1.23. The quantitative estimate of drug-likeness (QED) is 0.428. The summed E-state index contributed by atoms with van der Waals surface area (Å²) in [4.78, 5) is 0. The molecule has 16 heavy (non-hydrogen) atoms. The van der Waals surface area contributed by atoms with Gasteiger partial charge in [0, 0.05) is 6.07 Å². The summed E-state index contributed by atoms with van der Waals surface area (Å²) in [6.07, 6.45) is 3.39. The van der Waals surface area contributed by atoms with Gasteiger partial charge >= 0.3 is 7.12 Å². The second-order valence-corrected chi connectivity index (χ2v) is 3.37. The van der Waals surface area contributed by atoms with Crippen molar-refractivity contribution in [2.45, 2.75) is 12.8 Å². The van der Waals surface area contributed by atoms with Gasteiger partial charge in [0.1, 0.15) is 11.6 Å². The highest BCUT2D eigenvalue weighted by Gasteiger charge is 2.13. The molecule has 0 unspecified atom stereocenters. The van der Waals surface area contributed by atoms with E-state index in [1.54, 1.807) is 6.08 Å². The number of benzene rings is 1. The summed E-state index contributed by atoms with van der Waals surface area (Å²) in [5.74, 6) is -0.253. The second-order valence-electron chi connectivity index (χ2n) is 3.37. The molecular weight excluding hydrogens is 210 g/mol. The van der Waals surface area contributed by atoms with E-state index < -0.39 is 12.9 Å². The SMILES string of the molecule is C=CCCCOc1cc(F)cc(B(O)O)c1. The molecule has 0 fully saturated rings. The van der Waals surface area contributed by atoms with Crippen molar-refractivity contribution in [1.82, 2.24) is 0 Å². The van der Waals surface area contributed by atoms with Crippen molar-refractivity contribution in [2.24, 2.45) is 0 Å². The van der Waals surface area contributed by atoms with Crippen LogP contribution in [0.2, 0.25) is 0 Å². The zero-order valence-electron chi connectivity index (χ0n) is 8.90. The van der Waals surface area contributed by atoms with Crippen LogP contribution < -0.4 is 10.2 Å². The Morgan fingerprint density at radius 2 is 2.12 bits per heavy atom. The third-order valence-electron chi connectivity index (χ3n) is 2.01. The Morgan fingerprint density at radius 3 is 2.75 bits per heavy atom. The van der Waals surface area contributed by atoms with Crippen LogP contribution in [-0.4, -0.2) is 23.8 Å². The average molecular weight is 224 g/mol. The van der Waals surface area contributed by atoms with Gasteiger partial charge in [0.05, 0.1) is 6.61 Å². The third kappa shape index (κ3) is 4.04. The van der Waals surface area contributed by atoms with E-state index in [9.17, 15) is 4.39 Å². The van der Waals surface area contributed by atoms with Gasteiger partial charge in [0.2, 0.25) is 0 Å². The fourth-order valence-corrected chi connectivity index (χ4v) is 1.23. The summed E-state index contributed by atoms with van der Waals surface area (Å²) in [7, 11) is -1.69. The molecule has 0 heterocycles. The van der Waals surface area contributed by atoms with Crippen LogP contribution >= 0.6 is 0 Å². The molecule has 0 saturated carbocycles. The molecule has 1 aromatic rings. The molecule has 0 aliphatic heterocycles. The minimum absolute atomic E-state index is 0.0821. The minimum Gasteiger partial charge on any atom is -0.493 e. The van der Waals surface area contributed by atoms with E-state index in [-0.39, 0.29) is 5.46 Å². The maximum absolute atomic E-state index is 13.0.